The maximum Gasteiger partial charge on any atom is 0.0151 e. The first-order valence-electron chi connectivity index (χ1n) is 3.92. The average molecular weight is 164 g/mol. The quantitative estimate of drug-likeness (QED) is 0.583. The van der Waals surface area contributed by atoms with Crippen LogP contribution in [0, 0.1) is 5.92 Å². The molecule has 10 heavy (non-hydrogen) atoms. The molecule has 2 N–H and O–H groups in total. The molecule has 0 radical (unpaired) electrons. The Morgan fingerprint density at radius 3 is 2.30 bits per heavy atom. The highest BCUT2D eigenvalue weighted by Crippen LogP contribution is 2.30. The van der Waals surface area contributed by atoms with E-state index in [1.165, 1.54) is 25.7 Å². The van der Waals surface area contributed by atoms with Gasteiger partial charge in [0.1, 0.15) is 0 Å². The van der Waals surface area contributed by atoms with Crippen LogP contribution in [0.3, 0.4) is 0 Å². The van der Waals surface area contributed by atoms with E-state index in [0.717, 1.165) is 5.92 Å². The van der Waals surface area contributed by atoms with Gasteiger partial charge in [0, 0.05) is 5.54 Å². The topological polar surface area (TPSA) is 26.0 Å². The summed E-state index contributed by atoms with van der Waals surface area (Å²) in [6, 6.07) is 0. The third-order valence-electron chi connectivity index (χ3n) is 2.73. The zero-order valence-electron chi connectivity index (χ0n) is 6.89. The SMILES string of the molecule is CC1CCCCC1(C)N.Cl. The van der Waals surface area contributed by atoms with Gasteiger partial charge in [-0.1, -0.05) is 19.8 Å². The molecule has 1 aliphatic carbocycles. The minimum Gasteiger partial charge on any atom is -0.325 e. The number of hydrogen-bond acceptors (Lipinski definition) is 1. The van der Waals surface area contributed by atoms with Gasteiger partial charge >= 0.3 is 0 Å². The van der Waals surface area contributed by atoms with E-state index in [1.807, 2.05) is 0 Å². The fourth-order valence-electron chi connectivity index (χ4n) is 1.53. The summed E-state index contributed by atoms with van der Waals surface area (Å²) in [5, 5.41) is 0. The lowest BCUT2D eigenvalue weighted by Crippen LogP contribution is -2.44. The van der Waals surface area contributed by atoms with E-state index in [-0.39, 0.29) is 17.9 Å². The second kappa shape index (κ2) is 3.59. The lowest BCUT2D eigenvalue weighted by atomic mass is 9.76. The van der Waals surface area contributed by atoms with Crippen molar-refractivity contribution < 1.29 is 0 Å². The van der Waals surface area contributed by atoms with E-state index in [1.54, 1.807) is 0 Å². The summed E-state index contributed by atoms with van der Waals surface area (Å²) in [7, 11) is 0. The van der Waals surface area contributed by atoms with Crippen molar-refractivity contribution in [1.29, 1.82) is 0 Å². The smallest absolute Gasteiger partial charge is 0.0151 e. The summed E-state index contributed by atoms with van der Waals surface area (Å²) in [5.41, 5.74) is 6.16. The van der Waals surface area contributed by atoms with Crippen LogP contribution in [0.5, 0.6) is 0 Å². The second-order valence-electron chi connectivity index (χ2n) is 3.65. The Morgan fingerprint density at radius 2 is 2.00 bits per heavy atom. The Labute approximate surface area is 69.8 Å². The Bertz CT molecular complexity index is 101. The fraction of sp³-hybridized carbons (Fsp3) is 1.00. The summed E-state index contributed by atoms with van der Waals surface area (Å²) in [6.45, 7) is 4.44. The third-order valence-corrected chi connectivity index (χ3v) is 2.73. The first-order chi connectivity index (χ1) is 4.13. The zero-order valence-corrected chi connectivity index (χ0v) is 7.71. The van der Waals surface area contributed by atoms with Gasteiger partial charge in [-0.15, -0.1) is 12.4 Å². The normalized spacial score (nSPS) is 40.5. The van der Waals surface area contributed by atoms with E-state index < -0.39 is 0 Å². The van der Waals surface area contributed by atoms with E-state index in [9.17, 15) is 0 Å². The predicted molar refractivity (Wildman–Crippen MR) is 47.5 cm³/mol. The first-order valence-corrected chi connectivity index (χ1v) is 3.92. The van der Waals surface area contributed by atoms with Crippen LogP contribution >= 0.6 is 12.4 Å². The van der Waals surface area contributed by atoms with Gasteiger partial charge in [0.25, 0.3) is 0 Å². The number of rotatable bonds is 0. The standard InChI is InChI=1S/C8H17N.ClH/c1-7-5-3-4-6-8(7,2)9;/h7H,3-6,9H2,1-2H3;1H. The largest absolute Gasteiger partial charge is 0.325 e. The molecule has 0 aromatic carbocycles. The highest BCUT2D eigenvalue weighted by Gasteiger charge is 2.28. The molecular formula is C8H18ClN. The summed E-state index contributed by atoms with van der Waals surface area (Å²) in [5.74, 6) is 0.728. The molecule has 62 valence electrons. The molecule has 0 spiro atoms. The predicted octanol–water partition coefficient (Wildman–Crippen LogP) is 2.34. The molecule has 2 unspecified atom stereocenters. The van der Waals surface area contributed by atoms with Gasteiger partial charge in [0.2, 0.25) is 0 Å². The summed E-state index contributed by atoms with van der Waals surface area (Å²) < 4.78 is 0. The number of nitrogens with two attached hydrogens (primary N) is 1. The van der Waals surface area contributed by atoms with Crippen LogP contribution in [-0.4, -0.2) is 5.54 Å². The third kappa shape index (κ3) is 2.14. The van der Waals surface area contributed by atoms with Gasteiger partial charge in [-0.2, -0.15) is 0 Å². The van der Waals surface area contributed by atoms with Crippen LogP contribution in [0.25, 0.3) is 0 Å². The molecular weight excluding hydrogens is 146 g/mol. The van der Waals surface area contributed by atoms with Crippen LogP contribution in [0.1, 0.15) is 39.5 Å². The molecule has 1 saturated carbocycles. The highest BCUT2D eigenvalue weighted by atomic mass is 35.5. The number of hydrogen-bond donors (Lipinski definition) is 1. The highest BCUT2D eigenvalue weighted by molar-refractivity contribution is 5.85. The minimum absolute atomic E-state index is 0. The molecule has 0 bridgehead atoms. The summed E-state index contributed by atoms with van der Waals surface area (Å²) in [4.78, 5) is 0. The molecule has 2 heteroatoms. The molecule has 0 heterocycles. The van der Waals surface area contributed by atoms with Gasteiger partial charge in [-0.3, -0.25) is 0 Å². The molecule has 0 aliphatic heterocycles. The Balaban J connectivity index is 0.000000810. The lowest BCUT2D eigenvalue weighted by molar-refractivity contribution is 0.226. The van der Waals surface area contributed by atoms with Crippen molar-refractivity contribution in [3.8, 4) is 0 Å². The molecule has 0 saturated heterocycles. The molecule has 2 atom stereocenters. The van der Waals surface area contributed by atoms with Gasteiger partial charge in [0.05, 0.1) is 0 Å². The van der Waals surface area contributed by atoms with Crippen LogP contribution in [0.4, 0.5) is 0 Å². The van der Waals surface area contributed by atoms with Crippen molar-refractivity contribution in [2.45, 2.75) is 45.1 Å². The molecule has 0 aromatic rings. The molecule has 1 nitrogen and oxygen atoms in total. The lowest BCUT2D eigenvalue weighted by Gasteiger charge is -2.35. The monoisotopic (exact) mass is 163 g/mol. The summed E-state index contributed by atoms with van der Waals surface area (Å²) in [6.07, 6.45) is 5.26. The van der Waals surface area contributed by atoms with Crippen molar-refractivity contribution in [1.82, 2.24) is 0 Å². The van der Waals surface area contributed by atoms with E-state index >= 15 is 0 Å². The second-order valence-corrected chi connectivity index (χ2v) is 3.65. The van der Waals surface area contributed by atoms with Crippen molar-refractivity contribution in [3.05, 3.63) is 0 Å². The Kier molecular flexibility index (Phi) is 3.68. The molecule has 1 rings (SSSR count). The Morgan fingerprint density at radius 1 is 1.40 bits per heavy atom. The fourth-order valence-corrected chi connectivity index (χ4v) is 1.53. The van der Waals surface area contributed by atoms with Crippen molar-refractivity contribution in [3.63, 3.8) is 0 Å². The molecule has 0 aromatic heterocycles. The molecule has 1 aliphatic rings. The van der Waals surface area contributed by atoms with Crippen LogP contribution in [-0.2, 0) is 0 Å². The van der Waals surface area contributed by atoms with Gasteiger partial charge in [-0.25, -0.2) is 0 Å². The molecule has 0 amide bonds. The average Bonchev–Trinajstić information content (AvgIpc) is 1.77. The number of halogens is 1. The van der Waals surface area contributed by atoms with Gasteiger partial charge < -0.3 is 5.73 Å². The maximum absolute atomic E-state index is 6.02. The molecule has 1 fully saturated rings. The van der Waals surface area contributed by atoms with Crippen molar-refractivity contribution >= 4 is 12.4 Å². The van der Waals surface area contributed by atoms with Crippen molar-refractivity contribution in [2.24, 2.45) is 11.7 Å². The summed E-state index contributed by atoms with van der Waals surface area (Å²) >= 11 is 0. The minimum atomic E-state index is 0. The first kappa shape index (κ1) is 10.2. The van der Waals surface area contributed by atoms with Crippen LogP contribution in [0.2, 0.25) is 0 Å². The van der Waals surface area contributed by atoms with Gasteiger partial charge in [-0.05, 0) is 25.7 Å². The van der Waals surface area contributed by atoms with Crippen molar-refractivity contribution in [2.75, 3.05) is 0 Å². The maximum atomic E-state index is 6.02. The van der Waals surface area contributed by atoms with E-state index in [4.69, 9.17) is 5.73 Å². The zero-order chi connectivity index (χ0) is 6.91. The Hall–Kier alpha value is 0.250. The van der Waals surface area contributed by atoms with E-state index in [0.29, 0.717) is 0 Å². The van der Waals surface area contributed by atoms with E-state index in [2.05, 4.69) is 13.8 Å². The van der Waals surface area contributed by atoms with Crippen LogP contribution in [0.15, 0.2) is 0 Å². The van der Waals surface area contributed by atoms with Gasteiger partial charge in [0.15, 0.2) is 0 Å². The van der Waals surface area contributed by atoms with Crippen LogP contribution < -0.4 is 5.73 Å².